The molecular formula is C18H20ClN3O2. The first-order valence-corrected chi connectivity index (χ1v) is 7.88. The largest absolute Gasteiger partial charge is 0.347 e. The minimum atomic E-state index is -0.365. The molecule has 2 rings (SSSR count). The van der Waals surface area contributed by atoms with Crippen LogP contribution in [0.15, 0.2) is 36.7 Å². The van der Waals surface area contributed by atoms with Gasteiger partial charge in [-0.25, -0.2) is 0 Å². The summed E-state index contributed by atoms with van der Waals surface area (Å²) in [5.41, 5.74) is 1.80. The summed E-state index contributed by atoms with van der Waals surface area (Å²) in [4.78, 5) is 28.6. The Kier molecular flexibility index (Phi) is 5.24. The molecule has 0 aliphatic carbocycles. The third-order valence-corrected chi connectivity index (χ3v) is 3.42. The number of aryl methyl sites for hydroxylation is 1. The molecule has 1 aromatic carbocycles. The van der Waals surface area contributed by atoms with Crippen molar-refractivity contribution in [1.82, 2.24) is 10.3 Å². The normalized spacial score (nSPS) is 11.0. The highest BCUT2D eigenvalue weighted by atomic mass is 35.5. The van der Waals surface area contributed by atoms with E-state index in [0.717, 1.165) is 5.56 Å². The fourth-order valence-electron chi connectivity index (χ4n) is 2.06. The summed E-state index contributed by atoms with van der Waals surface area (Å²) in [6, 6.07) is 6.73. The average Bonchev–Trinajstić information content (AvgIpc) is 2.48. The van der Waals surface area contributed by atoms with Crippen molar-refractivity contribution in [3.63, 3.8) is 0 Å². The van der Waals surface area contributed by atoms with Gasteiger partial charge in [0.15, 0.2) is 0 Å². The molecule has 126 valence electrons. The number of carbonyl (C=O) groups is 2. The monoisotopic (exact) mass is 345 g/mol. The number of nitrogens with zero attached hydrogens (tertiary/aromatic N) is 1. The van der Waals surface area contributed by atoms with Crippen molar-refractivity contribution in [2.75, 3.05) is 5.32 Å². The molecule has 2 amide bonds. The van der Waals surface area contributed by atoms with Crippen molar-refractivity contribution < 1.29 is 9.59 Å². The van der Waals surface area contributed by atoms with Gasteiger partial charge >= 0.3 is 0 Å². The molecule has 0 radical (unpaired) electrons. The summed E-state index contributed by atoms with van der Waals surface area (Å²) in [7, 11) is 0. The van der Waals surface area contributed by atoms with Gasteiger partial charge in [-0.05, 0) is 57.5 Å². The first kappa shape index (κ1) is 17.9. The fourth-order valence-corrected chi connectivity index (χ4v) is 2.29. The summed E-state index contributed by atoms with van der Waals surface area (Å²) < 4.78 is 0. The van der Waals surface area contributed by atoms with Gasteiger partial charge in [-0.15, -0.1) is 0 Å². The maximum atomic E-state index is 12.4. The molecule has 1 heterocycles. The molecule has 0 spiro atoms. The summed E-state index contributed by atoms with van der Waals surface area (Å²) in [5, 5.41) is 6.24. The molecule has 6 heteroatoms. The van der Waals surface area contributed by atoms with Gasteiger partial charge in [0.25, 0.3) is 11.8 Å². The Hall–Kier alpha value is -2.40. The lowest BCUT2D eigenvalue weighted by atomic mass is 10.1. The van der Waals surface area contributed by atoms with Crippen LogP contribution in [0.3, 0.4) is 0 Å². The number of carbonyl (C=O) groups excluding carboxylic acids is 2. The fraction of sp³-hybridized carbons (Fsp3) is 0.278. The number of amides is 2. The molecule has 5 nitrogen and oxygen atoms in total. The quantitative estimate of drug-likeness (QED) is 0.888. The Morgan fingerprint density at radius 1 is 1.04 bits per heavy atom. The highest BCUT2D eigenvalue weighted by molar-refractivity contribution is 6.30. The molecule has 0 saturated carbocycles. The second-order valence-corrected chi connectivity index (χ2v) is 7.02. The molecule has 2 N–H and O–H groups in total. The highest BCUT2D eigenvalue weighted by Crippen LogP contribution is 2.20. The van der Waals surface area contributed by atoms with Gasteiger partial charge in [0, 0.05) is 28.6 Å². The predicted octanol–water partition coefficient (Wildman–Crippen LogP) is 3.82. The minimum Gasteiger partial charge on any atom is -0.347 e. The lowest BCUT2D eigenvalue weighted by molar-refractivity contribution is 0.0919. The maximum absolute atomic E-state index is 12.4. The Morgan fingerprint density at radius 2 is 1.67 bits per heavy atom. The lowest BCUT2D eigenvalue weighted by Gasteiger charge is -2.20. The van der Waals surface area contributed by atoms with Crippen LogP contribution in [0.25, 0.3) is 0 Å². The number of aromatic nitrogens is 1. The molecule has 0 aliphatic heterocycles. The van der Waals surface area contributed by atoms with Crippen LogP contribution in [0, 0.1) is 6.92 Å². The zero-order valence-corrected chi connectivity index (χ0v) is 14.9. The SMILES string of the molecule is Cc1cc(Cl)ccc1NC(=O)c1cncc(C(=O)NC(C)(C)C)c1. The second kappa shape index (κ2) is 7.01. The number of rotatable bonds is 3. The zero-order valence-electron chi connectivity index (χ0n) is 14.1. The van der Waals surface area contributed by atoms with Gasteiger partial charge in [0.2, 0.25) is 0 Å². The molecule has 0 fully saturated rings. The van der Waals surface area contributed by atoms with Crippen molar-refractivity contribution in [1.29, 1.82) is 0 Å². The first-order chi connectivity index (χ1) is 11.2. The molecule has 0 saturated heterocycles. The topological polar surface area (TPSA) is 71.1 Å². The first-order valence-electron chi connectivity index (χ1n) is 7.51. The van der Waals surface area contributed by atoms with Crippen LogP contribution >= 0.6 is 11.6 Å². The average molecular weight is 346 g/mol. The van der Waals surface area contributed by atoms with Crippen LogP contribution in [-0.4, -0.2) is 22.3 Å². The number of pyridine rings is 1. The van der Waals surface area contributed by atoms with Gasteiger partial charge in [-0.3, -0.25) is 14.6 Å². The van der Waals surface area contributed by atoms with Gasteiger partial charge in [0.1, 0.15) is 0 Å². The van der Waals surface area contributed by atoms with Crippen LogP contribution in [0.5, 0.6) is 0 Å². The van der Waals surface area contributed by atoms with Crippen LogP contribution in [0.4, 0.5) is 5.69 Å². The van der Waals surface area contributed by atoms with E-state index in [9.17, 15) is 9.59 Å². The van der Waals surface area contributed by atoms with Gasteiger partial charge < -0.3 is 10.6 Å². The van der Waals surface area contributed by atoms with Crippen LogP contribution < -0.4 is 10.6 Å². The van der Waals surface area contributed by atoms with E-state index in [2.05, 4.69) is 15.6 Å². The van der Waals surface area contributed by atoms with E-state index in [1.807, 2.05) is 27.7 Å². The van der Waals surface area contributed by atoms with Gasteiger partial charge in [0.05, 0.1) is 11.1 Å². The third kappa shape index (κ3) is 4.80. The maximum Gasteiger partial charge on any atom is 0.257 e. The number of anilines is 1. The Labute approximate surface area is 146 Å². The molecule has 2 aromatic rings. The number of halogens is 1. The van der Waals surface area contributed by atoms with Gasteiger partial charge in [-0.2, -0.15) is 0 Å². The highest BCUT2D eigenvalue weighted by Gasteiger charge is 2.17. The standard InChI is InChI=1S/C18H20ClN3O2/c1-11-7-14(19)5-6-15(11)21-16(23)12-8-13(10-20-9-12)17(24)22-18(2,3)4/h5-10H,1-4H3,(H,21,23)(H,22,24). The van der Waals surface area contributed by atoms with E-state index in [4.69, 9.17) is 11.6 Å². The summed E-state index contributed by atoms with van der Waals surface area (Å²) in [5.74, 6) is -0.606. The molecule has 24 heavy (non-hydrogen) atoms. The van der Waals surface area contributed by atoms with E-state index in [1.165, 1.54) is 18.5 Å². The molecule has 1 aromatic heterocycles. The third-order valence-electron chi connectivity index (χ3n) is 3.19. The van der Waals surface area contributed by atoms with E-state index >= 15 is 0 Å². The van der Waals surface area contributed by atoms with E-state index in [0.29, 0.717) is 21.8 Å². The van der Waals surface area contributed by atoms with Crippen molar-refractivity contribution in [3.8, 4) is 0 Å². The zero-order chi connectivity index (χ0) is 17.9. The number of hydrogen-bond acceptors (Lipinski definition) is 3. The van der Waals surface area contributed by atoms with Crippen molar-refractivity contribution in [2.24, 2.45) is 0 Å². The van der Waals surface area contributed by atoms with Crippen molar-refractivity contribution in [3.05, 3.63) is 58.4 Å². The molecule has 0 unspecified atom stereocenters. The molecule has 0 aliphatic rings. The summed E-state index contributed by atoms with van der Waals surface area (Å²) in [6.45, 7) is 7.52. The minimum absolute atomic E-state index is 0.271. The molecule has 0 atom stereocenters. The Bertz CT molecular complexity index is 782. The van der Waals surface area contributed by atoms with Crippen LogP contribution in [-0.2, 0) is 0 Å². The van der Waals surface area contributed by atoms with Crippen LogP contribution in [0.2, 0.25) is 5.02 Å². The van der Waals surface area contributed by atoms with Crippen molar-refractivity contribution >= 4 is 29.1 Å². The predicted molar refractivity (Wildman–Crippen MR) is 95.6 cm³/mol. The Morgan fingerprint density at radius 3 is 2.25 bits per heavy atom. The summed E-state index contributed by atoms with van der Waals surface area (Å²) >= 11 is 5.91. The van der Waals surface area contributed by atoms with E-state index < -0.39 is 0 Å². The van der Waals surface area contributed by atoms with E-state index in [1.54, 1.807) is 18.2 Å². The second-order valence-electron chi connectivity index (χ2n) is 6.58. The molecule has 0 bridgehead atoms. The smallest absolute Gasteiger partial charge is 0.257 e. The lowest BCUT2D eigenvalue weighted by Crippen LogP contribution is -2.40. The van der Waals surface area contributed by atoms with Crippen LogP contribution in [0.1, 0.15) is 47.1 Å². The molecular weight excluding hydrogens is 326 g/mol. The number of hydrogen-bond donors (Lipinski definition) is 2. The number of nitrogens with one attached hydrogen (secondary N) is 2. The summed E-state index contributed by atoms with van der Waals surface area (Å²) in [6.07, 6.45) is 2.86. The van der Waals surface area contributed by atoms with Crippen molar-refractivity contribution in [2.45, 2.75) is 33.2 Å². The Balaban J connectivity index is 2.18. The van der Waals surface area contributed by atoms with Gasteiger partial charge in [-0.1, -0.05) is 11.6 Å². The number of benzene rings is 1. The van der Waals surface area contributed by atoms with E-state index in [-0.39, 0.29) is 17.4 Å².